The highest BCUT2D eigenvalue weighted by atomic mass is 16.5. The average molecular weight is 285 g/mol. The number of aryl methyl sites for hydroxylation is 1. The van der Waals surface area contributed by atoms with E-state index >= 15 is 0 Å². The highest BCUT2D eigenvalue weighted by Crippen LogP contribution is 2.39. The van der Waals surface area contributed by atoms with Gasteiger partial charge in [0.1, 0.15) is 5.52 Å². The molecule has 1 heterocycles. The predicted octanol–water partition coefficient (Wildman–Crippen LogP) is 2.93. The highest BCUT2D eigenvalue weighted by Gasteiger charge is 2.25. The first kappa shape index (κ1) is 13.4. The quantitative estimate of drug-likeness (QED) is 0.677. The van der Waals surface area contributed by atoms with Crippen molar-refractivity contribution < 1.29 is 13.9 Å². The SMILES string of the molecule is COc1c2nc3cc(C)ccc3oc-2c(C)c(=O)c1OC. The van der Waals surface area contributed by atoms with E-state index in [4.69, 9.17) is 13.9 Å². The standard InChI is InChI=1S/C16H15NO4/c1-8-5-6-11-10(7-8)17-12-14(21-11)9(2)13(18)16(20-4)15(12)19-3/h5-7H,1-4H3. The second-order valence-electron chi connectivity index (χ2n) is 4.88. The fourth-order valence-corrected chi connectivity index (χ4v) is 2.40. The Morgan fingerprint density at radius 2 is 1.81 bits per heavy atom. The van der Waals surface area contributed by atoms with Crippen LogP contribution in [0.25, 0.3) is 22.6 Å². The Morgan fingerprint density at radius 1 is 1.10 bits per heavy atom. The molecule has 108 valence electrons. The highest BCUT2D eigenvalue weighted by molar-refractivity contribution is 5.81. The van der Waals surface area contributed by atoms with Gasteiger partial charge in [-0.15, -0.1) is 0 Å². The molecular formula is C16H15NO4. The summed E-state index contributed by atoms with van der Waals surface area (Å²) >= 11 is 0. The lowest BCUT2D eigenvalue weighted by Gasteiger charge is -2.15. The van der Waals surface area contributed by atoms with Gasteiger partial charge in [0.2, 0.25) is 11.2 Å². The maximum absolute atomic E-state index is 12.3. The van der Waals surface area contributed by atoms with Gasteiger partial charge >= 0.3 is 0 Å². The van der Waals surface area contributed by atoms with Crippen LogP contribution in [0.15, 0.2) is 27.4 Å². The predicted molar refractivity (Wildman–Crippen MR) is 79.5 cm³/mol. The molecule has 1 aliphatic heterocycles. The summed E-state index contributed by atoms with van der Waals surface area (Å²) in [6, 6.07) is 5.70. The smallest absolute Gasteiger partial charge is 0.231 e. The van der Waals surface area contributed by atoms with Gasteiger partial charge in [-0.2, -0.15) is 0 Å². The van der Waals surface area contributed by atoms with Crippen LogP contribution in [-0.4, -0.2) is 19.2 Å². The lowest BCUT2D eigenvalue weighted by atomic mass is 10.1. The molecule has 1 aromatic carbocycles. The molecule has 0 saturated heterocycles. The van der Waals surface area contributed by atoms with Crippen LogP contribution in [0.3, 0.4) is 0 Å². The van der Waals surface area contributed by atoms with Crippen LogP contribution in [0.5, 0.6) is 11.5 Å². The number of hydrogen-bond donors (Lipinski definition) is 0. The van der Waals surface area contributed by atoms with Crippen molar-refractivity contribution in [2.75, 3.05) is 14.2 Å². The molecule has 1 aliphatic carbocycles. The molecule has 5 nitrogen and oxygen atoms in total. The first-order chi connectivity index (χ1) is 10.1. The van der Waals surface area contributed by atoms with Gasteiger partial charge in [0, 0.05) is 5.56 Å². The van der Waals surface area contributed by atoms with Gasteiger partial charge in [0.05, 0.1) is 14.2 Å². The number of hydrogen-bond acceptors (Lipinski definition) is 5. The molecule has 0 bridgehead atoms. The zero-order valence-corrected chi connectivity index (χ0v) is 12.3. The average Bonchev–Trinajstić information content (AvgIpc) is 2.49. The van der Waals surface area contributed by atoms with Crippen LogP contribution in [0.4, 0.5) is 0 Å². The summed E-state index contributed by atoms with van der Waals surface area (Å²) in [5.41, 5.74) is 3.11. The molecule has 2 aliphatic rings. The van der Waals surface area contributed by atoms with Crippen molar-refractivity contribution in [3.63, 3.8) is 0 Å². The van der Waals surface area contributed by atoms with E-state index in [0.29, 0.717) is 33.9 Å². The van der Waals surface area contributed by atoms with E-state index in [9.17, 15) is 4.79 Å². The van der Waals surface area contributed by atoms with E-state index in [1.54, 1.807) is 6.92 Å². The number of ether oxygens (including phenoxy) is 2. The van der Waals surface area contributed by atoms with Crippen molar-refractivity contribution in [1.82, 2.24) is 4.98 Å². The molecule has 0 unspecified atom stereocenters. The van der Waals surface area contributed by atoms with E-state index in [-0.39, 0.29) is 11.2 Å². The van der Waals surface area contributed by atoms with Crippen LogP contribution in [0.1, 0.15) is 11.1 Å². The summed E-state index contributed by atoms with van der Waals surface area (Å²) in [6.45, 7) is 3.67. The Labute approximate surface area is 121 Å². The molecule has 0 spiro atoms. The van der Waals surface area contributed by atoms with E-state index in [2.05, 4.69) is 4.98 Å². The first-order valence-corrected chi connectivity index (χ1v) is 6.52. The van der Waals surface area contributed by atoms with Gasteiger partial charge in [0.25, 0.3) is 0 Å². The summed E-state index contributed by atoms with van der Waals surface area (Å²) < 4.78 is 16.3. The topological polar surface area (TPSA) is 61.6 Å². The Kier molecular flexibility index (Phi) is 3.05. The second-order valence-corrected chi connectivity index (χ2v) is 4.88. The molecule has 0 amide bonds. The number of nitrogens with zero attached hydrogens (tertiary/aromatic N) is 1. The van der Waals surface area contributed by atoms with Gasteiger partial charge in [-0.25, -0.2) is 4.98 Å². The third-order valence-corrected chi connectivity index (χ3v) is 3.49. The first-order valence-electron chi connectivity index (χ1n) is 6.52. The Hall–Kier alpha value is -2.56. The zero-order valence-electron chi connectivity index (χ0n) is 12.3. The number of rotatable bonds is 2. The van der Waals surface area contributed by atoms with Crippen LogP contribution < -0.4 is 14.9 Å². The van der Waals surface area contributed by atoms with Gasteiger partial charge in [0.15, 0.2) is 22.8 Å². The lowest BCUT2D eigenvalue weighted by molar-refractivity contribution is 0.350. The lowest BCUT2D eigenvalue weighted by Crippen LogP contribution is -2.14. The van der Waals surface area contributed by atoms with Crippen molar-refractivity contribution in [3.05, 3.63) is 39.5 Å². The fraction of sp³-hybridized carbons (Fsp3) is 0.250. The summed E-state index contributed by atoms with van der Waals surface area (Å²) in [6.07, 6.45) is 0. The zero-order chi connectivity index (χ0) is 15.1. The summed E-state index contributed by atoms with van der Waals surface area (Å²) in [5, 5.41) is 0. The molecule has 0 saturated carbocycles. The molecule has 0 fully saturated rings. The molecule has 3 rings (SSSR count). The van der Waals surface area contributed by atoms with Gasteiger partial charge in [-0.1, -0.05) is 6.07 Å². The van der Waals surface area contributed by atoms with Crippen LogP contribution in [0, 0.1) is 13.8 Å². The van der Waals surface area contributed by atoms with Crippen molar-refractivity contribution >= 4 is 11.1 Å². The molecule has 5 heteroatoms. The summed E-state index contributed by atoms with van der Waals surface area (Å²) in [4.78, 5) is 16.9. The molecule has 0 atom stereocenters. The minimum atomic E-state index is -0.251. The monoisotopic (exact) mass is 285 g/mol. The number of aromatic nitrogens is 1. The molecule has 1 aromatic rings. The fourth-order valence-electron chi connectivity index (χ4n) is 2.40. The Balaban J connectivity index is 2.52. The van der Waals surface area contributed by atoms with Crippen molar-refractivity contribution in [2.24, 2.45) is 0 Å². The number of fused-ring (bicyclic) bond motifs is 2. The number of methoxy groups -OCH3 is 2. The van der Waals surface area contributed by atoms with Crippen LogP contribution in [0.2, 0.25) is 0 Å². The van der Waals surface area contributed by atoms with Gasteiger partial charge in [-0.3, -0.25) is 4.79 Å². The van der Waals surface area contributed by atoms with Crippen LogP contribution >= 0.6 is 0 Å². The summed E-state index contributed by atoms with van der Waals surface area (Å²) in [5.74, 6) is 0.876. The molecule has 0 radical (unpaired) electrons. The van der Waals surface area contributed by atoms with Crippen LogP contribution in [-0.2, 0) is 0 Å². The third-order valence-electron chi connectivity index (χ3n) is 3.49. The minimum absolute atomic E-state index is 0.150. The van der Waals surface area contributed by atoms with E-state index in [1.807, 2.05) is 25.1 Å². The number of benzene rings is 2. The van der Waals surface area contributed by atoms with Gasteiger partial charge in [-0.05, 0) is 31.5 Å². The minimum Gasteiger partial charge on any atom is -0.491 e. The maximum Gasteiger partial charge on any atom is 0.231 e. The molecule has 21 heavy (non-hydrogen) atoms. The normalized spacial score (nSPS) is 11.0. The van der Waals surface area contributed by atoms with E-state index in [1.165, 1.54) is 14.2 Å². The second kappa shape index (κ2) is 4.77. The Bertz CT molecular complexity index is 866. The molecule has 0 N–H and O–H groups in total. The Morgan fingerprint density at radius 3 is 2.48 bits per heavy atom. The maximum atomic E-state index is 12.3. The van der Waals surface area contributed by atoms with E-state index < -0.39 is 0 Å². The van der Waals surface area contributed by atoms with Crippen molar-refractivity contribution in [3.8, 4) is 23.0 Å². The molecular weight excluding hydrogens is 270 g/mol. The van der Waals surface area contributed by atoms with Crippen molar-refractivity contribution in [1.29, 1.82) is 0 Å². The van der Waals surface area contributed by atoms with Crippen molar-refractivity contribution in [2.45, 2.75) is 13.8 Å². The van der Waals surface area contributed by atoms with Gasteiger partial charge < -0.3 is 13.9 Å². The largest absolute Gasteiger partial charge is 0.491 e. The molecule has 0 aromatic heterocycles. The van der Waals surface area contributed by atoms with E-state index in [0.717, 1.165) is 5.56 Å². The summed E-state index contributed by atoms with van der Waals surface area (Å²) in [7, 11) is 2.92. The third kappa shape index (κ3) is 1.93.